The van der Waals surface area contributed by atoms with Crippen LogP contribution in [-0.2, 0) is 0 Å². The van der Waals surface area contributed by atoms with Gasteiger partial charge < -0.3 is 10.6 Å². The molecular formula is C15H17ClN4O. The first-order chi connectivity index (χ1) is 10.1. The van der Waals surface area contributed by atoms with Crippen LogP contribution in [0.2, 0.25) is 5.15 Å². The van der Waals surface area contributed by atoms with Gasteiger partial charge in [-0.1, -0.05) is 18.5 Å². The van der Waals surface area contributed by atoms with E-state index in [2.05, 4.69) is 27.5 Å². The lowest BCUT2D eigenvalue weighted by Crippen LogP contribution is -2.14. The van der Waals surface area contributed by atoms with Crippen LogP contribution in [0.1, 0.15) is 29.3 Å². The van der Waals surface area contributed by atoms with Crippen molar-refractivity contribution in [3.63, 3.8) is 0 Å². The second kappa shape index (κ2) is 7.04. The molecule has 5 nitrogen and oxygen atoms in total. The highest BCUT2D eigenvalue weighted by molar-refractivity contribution is 6.30. The highest BCUT2D eigenvalue weighted by Gasteiger charge is 2.10. The topological polar surface area (TPSA) is 66.9 Å². The molecule has 0 unspecified atom stereocenters. The smallest absolute Gasteiger partial charge is 0.255 e. The molecule has 2 aromatic rings. The molecule has 0 aliphatic heterocycles. The summed E-state index contributed by atoms with van der Waals surface area (Å²) in [7, 11) is 0. The number of nitrogens with zero attached hydrogens (tertiary/aromatic N) is 2. The summed E-state index contributed by atoms with van der Waals surface area (Å²) < 4.78 is 0. The van der Waals surface area contributed by atoms with E-state index < -0.39 is 0 Å². The molecule has 0 atom stereocenters. The Morgan fingerprint density at radius 1 is 1.38 bits per heavy atom. The van der Waals surface area contributed by atoms with Gasteiger partial charge in [-0.25, -0.2) is 4.98 Å². The van der Waals surface area contributed by atoms with Crippen molar-refractivity contribution in [2.45, 2.75) is 20.3 Å². The van der Waals surface area contributed by atoms with Crippen molar-refractivity contribution < 1.29 is 4.79 Å². The second-order valence-electron chi connectivity index (χ2n) is 4.64. The lowest BCUT2D eigenvalue weighted by molar-refractivity contribution is 0.102. The number of carbonyl (C=O) groups is 1. The van der Waals surface area contributed by atoms with Crippen LogP contribution >= 0.6 is 11.6 Å². The van der Waals surface area contributed by atoms with E-state index in [-0.39, 0.29) is 11.1 Å². The second-order valence-corrected chi connectivity index (χ2v) is 5.02. The van der Waals surface area contributed by atoms with Crippen LogP contribution in [0.4, 0.5) is 11.5 Å². The summed E-state index contributed by atoms with van der Waals surface area (Å²) in [4.78, 5) is 20.4. The number of carbonyl (C=O) groups excluding carboxylic acids is 1. The molecule has 0 bridgehead atoms. The first-order valence-electron chi connectivity index (χ1n) is 6.73. The van der Waals surface area contributed by atoms with Crippen molar-refractivity contribution in [1.29, 1.82) is 0 Å². The molecule has 0 aliphatic rings. The predicted molar refractivity (Wildman–Crippen MR) is 85.0 cm³/mol. The van der Waals surface area contributed by atoms with Gasteiger partial charge in [0.25, 0.3) is 5.91 Å². The summed E-state index contributed by atoms with van der Waals surface area (Å²) in [5.41, 5.74) is 2.09. The summed E-state index contributed by atoms with van der Waals surface area (Å²) >= 11 is 5.97. The molecule has 2 aromatic heterocycles. The first kappa shape index (κ1) is 15.3. The zero-order valence-corrected chi connectivity index (χ0v) is 12.7. The maximum Gasteiger partial charge on any atom is 0.255 e. The van der Waals surface area contributed by atoms with Gasteiger partial charge in [0, 0.05) is 30.2 Å². The third-order valence-electron chi connectivity index (χ3n) is 2.88. The Morgan fingerprint density at radius 3 is 2.90 bits per heavy atom. The Hall–Kier alpha value is -2.14. The van der Waals surface area contributed by atoms with Gasteiger partial charge in [-0.3, -0.25) is 9.78 Å². The molecule has 2 N–H and O–H groups in total. The highest BCUT2D eigenvalue weighted by Crippen LogP contribution is 2.18. The van der Waals surface area contributed by atoms with Crippen molar-refractivity contribution in [1.82, 2.24) is 9.97 Å². The minimum absolute atomic E-state index is 0.229. The van der Waals surface area contributed by atoms with Gasteiger partial charge in [0.15, 0.2) is 0 Å². The maximum atomic E-state index is 12.3. The Kier molecular flexibility index (Phi) is 5.11. The zero-order valence-electron chi connectivity index (χ0n) is 12.0. The summed E-state index contributed by atoms with van der Waals surface area (Å²) in [5.74, 6) is 0.370. The van der Waals surface area contributed by atoms with Gasteiger partial charge in [0.05, 0.1) is 0 Å². The van der Waals surface area contributed by atoms with E-state index in [0.717, 1.165) is 24.2 Å². The van der Waals surface area contributed by atoms with E-state index in [1.54, 1.807) is 30.6 Å². The van der Waals surface area contributed by atoms with Crippen molar-refractivity contribution in [2.24, 2.45) is 0 Å². The molecule has 110 valence electrons. The summed E-state index contributed by atoms with van der Waals surface area (Å²) in [6, 6.07) is 4.99. The van der Waals surface area contributed by atoms with Gasteiger partial charge in [0.1, 0.15) is 11.0 Å². The van der Waals surface area contributed by atoms with E-state index >= 15 is 0 Å². The molecule has 0 spiro atoms. The number of anilines is 2. The number of aryl methyl sites for hydroxylation is 1. The Bertz CT molecular complexity index is 645. The Balaban J connectivity index is 2.19. The third-order valence-corrected chi connectivity index (χ3v) is 3.07. The molecule has 0 fully saturated rings. The predicted octanol–water partition coefficient (Wildman–Crippen LogP) is 3.51. The van der Waals surface area contributed by atoms with Crippen LogP contribution in [0, 0.1) is 6.92 Å². The zero-order chi connectivity index (χ0) is 15.2. The number of hydrogen-bond acceptors (Lipinski definition) is 4. The number of aromatic nitrogens is 2. The monoisotopic (exact) mass is 304 g/mol. The number of amides is 1. The molecule has 2 rings (SSSR count). The normalized spacial score (nSPS) is 10.2. The fourth-order valence-corrected chi connectivity index (χ4v) is 1.99. The molecule has 21 heavy (non-hydrogen) atoms. The molecule has 0 aliphatic carbocycles. The summed E-state index contributed by atoms with van der Waals surface area (Å²) in [6.45, 7) is 4.71. The fourth-order valence-electron chi connectivity index (χ4n) is 1.78. The summed E-state index contributed by atoms with van der Waals surface area (Å²) in [6.07, 6.45) is 4.30. The van der Waals surface area contributed by atoms with Gasteiger partial charge in [-0.15, -0.1) is 0 Å². The minimum atomic E-state index is -0.229. The Morgan fingerprint density at radius 2 is 2.19 bits per heavy atom. The molecule has 0 saturated carbocycles. The molecule has 0 radical (unpaired) electrons. The van der Waals surface area contributed by atoms with E-state index in [1.165, 1.54) is 0 Å². The molecular weight excluding hydrogens is 288 g/mol. The van der Waals surface area contributed by atoms with E-state index in [9.17, 15) is 4.79 Å². The SMILES string of the molecule is CCCNc1cc(C(=O)Nc2ccncc2C)cc(Cl)n1. The molecule has 0 aromatic carbocycles. The highest BCUT2D eigenvalue weighted by atomic mass is 35.5. The maximum absolute atomic E-state index is 12.3. The van der Waals surface area contributed by atoms with Crippen LogP contribution in [0.3, 0.4) is 0 Å². The van der Waals surface area contributed by atoms with Crippen LogP contribution < -0.4 is 10.6 Å². The number of rotatable bonds is 5. The van der Waals surface area contributed by atoms with E-state index in [1.807, 2.05) is 6.92 Å². The van der Waals surface area contributed by atoms with Crippen LogP contribution in [0.25, 0.3) is 0 Å². The van der Waals surface area contributed by atoms with Crippen molar-refractivity contribution in [2.75, 3.05) is 17.2 Å². The molecule has 2 heterocycles. The molecule has 1 amide bonds. The average Bonchev–Trinajstić information content (AvgIpc) is 2.47. The number of nitrogens with one attached hydrogen (secondary N) is 2. The first-order valence-corrected chi connectivity index (χ1v) is 7.11. The summed E-state index contributed by atoms with van der Waals surface area (Å²) in [5, 5.41) is 6.25. The standard InChI is InChI=1S/C15H17ClN4O/c1-3-5-18-14-8-11(7-13(16)20-14)15(21)19-12-4-6-17-9-10(12)2/h4,6-9H,3,5H2,1-2H3,(H,18,20)(H,17,19,21). The molecule has 0 saturated heterocycles. The van der Waals surface area contributed by atoms with Gasteiger partial charge >= 0.3 is 0 Å². The Labute approximate surface area is 128 Å². The number of pyridine rings is 2. The van der Waals surface area contributed by atoms with Crippen LogP contribution in [0.5, 0.6) is 0 Å². The van der Waals surface area contributed by atoms with Crippen molar-refractivity contribution in [3.05, 3.63) is 46.9 Å². The largest absolute Gasteiger partial charge is 0.370 e. The van der Waals surface area contributed by atoms with Crippen molar-refractivity contribution >= 4 is 29.0 Å². The van der Waals surface area contributed by atoms with E-state index in [0.29, 0.717) is 11.4 Å². The van der Waals surface area contributed by atoms with Gasteiger partial charge in [0.2, 0.25) is 0 Å². The fraction of sp³-hybridized carbons (Fsp3) is 0.267. The minimum Gasteiger partial charge on any atom is -0.370 e. The number of halogens is 1. The van der Waals surface area contributed by atoms with Crippen LogP contribution in [0.15, 0.2) is 30.6 Å². The van der Waals surface area contributed by atoms with Crippen LogP contribution in [-0.4, -0.2) is 22.4 Å². The van der Waals surface area contributed by atoms with Gasteiger partial charge in [-0.2, -0.15) is 0 Å². The number of hydrogen-bond donors (Lipinski definition) is 2. The van der Waals surface area contributed by atoms with Crippen molar-refractivity contribution in [3.8, 4) is 0 Å². The lowest BCUT2D eigenvalue weighted by Gasteiger charge is -2.10. The quantitative estimate of drug-likeness (QED) is 0.830. The third kappa shape index (κ3) is 4.16. The van der Waals surface area contributed by atoms with Gasteiger partial charge in [-0.05, 0) is 37.1 Å². The average molecular weight is 305 g/mol. The van der Waals surface area contributed by atoms with E-state index in [4.69, 9.17) is 11.6 Å². The lowest BCUT2D eigenvalue weighted by atomic mass is 10.2. The molecule has 6 heteroatoms.